The maximum atomic E-state index is 12.1. The van der Waals surface area contributed by atoms with Crippen LogP contribution in [0.1, 0.15) is 27.2 Å². The molecule has 0 saturated carbocycles. The number of ether oxygens (including phenoxy) is 1. The Labute approximate surface area is 111 Å². The van der Waals surface area contributed by atoms with Crippen LogP contribution in [0, 0.1) is 0 Å². The van der Waals surface area contributed by atoms with Gasteiger partial charge in [-0.15, -0.1) is 0 Å². The van der Waals surface area contributed by atoms with Gasteiger partial charge in [0.25, 0.3) is 0 Å². The van der Waals surface area contributed by atoms with Crippen LogP contribution >= 0.6 is 0 Å². The summed E-state index contributed by atoms with van der Waals surface area (Å²) >= 11 is 0. The number of carbonyl (C=O) groups excluding carboxylic acids is 1. The molecule has 0 aromatic carbocycles. The molecule has 0 aliphatic carbocycles. The predicted molar refractivity (Wildman–Crippen MR) is 64.9 cm³/mol. The molecule has 112 valence electrons. The lowest BCUT2D eigenvalue weighted by molar-refractivity contribution is -0.140. The summed E-state index contributed by atoms with van der Waals surface area (Å²) in [5, 5.41) is 0. The van der Waals surface area contributed by atoms with Gasteiger partial charge in [0.05, 0.1) is 6.42 Å². The highest BCUT2D eigenvalue weighted by Crippen LogP contribution is 2.22. The highest BCUT2D eigenvalue weighted by Gasteiger charge is 2.37. The van der Waals surface area contributed by atoms with Gasteiger partial charge in [-0.3, -0.25) is 4.90 Å². The van der Waals surface area contributed by atoms with E-state index in [4.69, 9.17) is 4.74 Å². The van der Waals surface area contributed by atoms with Crippen molar-refractivity contribution >= 4 is 6.09 Å². The molecule has 0 spiro atoms. The van der Waals surface area contributed by atoms with Crippen molar-refractivity contribution in [1.29, 1.82) is 0 Å². The SMILES string of the molecule is CN(CCC(F)(F)F)C1CN(C(=O)OC(C)(C)C)C1. The van der Waals surface area contributed by atoms with Crippen LogP contribution in [0.3, 0.4) is 0 Å². The first-order valence-electron chi connectivity index (χ1n) is 6.23. The Morgan fingerprint density at radius 1 is 1.32 bits per heavy atom. The van der Waals surface area contributed by atoms with Gasteiger partial charge in [0.2, 0.25) is 0 Å². The van der Waals surface area contributed by atoms with Gasteiger partial charge in [-0.1, -0.05) is 0 Å². The van der Waals surface area contributed by atoms with E-state index in [-0.39, 0.29) is 12.6 Å². The van der Waals surface area contributed by atoms with Crippen molar-refractivity contribution in [3.63, 3.8) is 0 Å². The van der Waals surface area contributed by atoms with E-state index >= 15 is 0 Å². The van der Waals surface area contributed by atoms with Gasteiger partial charge in [0.1, 0.15) is 5.60 Å². The maximum absolute atomic E-state index is 12.1. The smallest absolute Gasteiger partial charge is 0.410 e. The van der Waals surface area contributed by atoms with Crippen molar-refractivity contribution in [1.82, 2.24) is 9.80 Å². The number of likely N-dealkylation sites (tertiary alicyclic amines) is 1. The van der Waals surface area contributed by atoms with Gasteiger partial charge in [-0.25, -0.2) is 4.79 Å². The van der Waals surface area contributed by atoms with Crippen LogP contribution in [0.4, 0.5) is 18.0 Å². The number of likely N-dealkylation sites (N-methyl/N-ethyl adjacent to an activating group) is 1. The van der Waals surface area contributed by atoms with Crippen LogP contribution in [0.25, 0.3) is 0 Å². The number of nitrogens with zero attached hydrogens (tertiary/aromatic N) is 2. The number of amides is 1. The molecule has 1 aliphatic rings. The molecule has 0 atom stereocenters. The molecular formula is C12H21F3N2O2. The van der Waals surface area contributed by atoms with E-state index in [1.807, 2.05) is 0 Å². The third kappa shape index (κ3) is 5.67. The quantitative estimate of drug-likeness (QED) is 0.797. The zero-order valence-corrected chi connectivity index (χ0v) is 11.8. The summed E-state index contributed by atoms with van der Waals surface area (Å²) in [6, 6.07) is -0.0186. The molecule has 0 aromatic heterocycles. The first kappa shape index (κ1) is 16.1. The molecular weight excluding hydrogens is 261 g/mol. The molecule has 0 bridgehead atoms. The Kier molecular flexibility index (Phi) is 4.71. The van der Waals surface area contributed by atoms with E-state index in [1.165, 1.54) is 4.90 Å². The van der Waals surface area contributed by atoms with Crippen molar-refractivity contribution in [2.45, 2.75) is 45.0 Å². The fourth-order valence-electron chi connectivity index (χ4n) is 1.70. The molecule has 0 N–H and O–H groups in total. The van der Waals surface area contributed by atoms with Crippen molar-refractivity contribution < 1.29 is 22.7 Å². The molecule has 0 radical (unpaired) electrons. The Bertz CT molecular complexity index is 320. The van der Waals surface area contributed by atoms with Crippen LogP contribution < -0.4 is 0 Å². The standard InChI is InChI=1S/C12H21F3N2O2/c1-11(2,3)19-10(18)17-7-9(8-17)16(4)6-5-12(13,14)15/h9H,5-8H2,1-4H3. The minimum atomic E-state index is -4.14. The van der Waals surface area contributed by atoms with Gasteiger partial charge in [-0.2, -0.15) is 13.2 Å². The molecule has 1 rings (SSSR count). The summed E-state index contributed by atoms with van der Waals surface area (Å²) in [5.41, 5.74) is -0.551. The zero-order valence-electron chi connectivity index (χ0n) is 11.8. The van der Waals surface area contributed by atoms with Crippen molar-refractivity contribution in [3.05, 3.63) is 0 Å². The third-order valence-electron chi connectivity index (χ3n) is 2.89. The summed E-state index contributed by atoms with van der Waals surface area (Å²) < 4.78 is 41.4. The molecule has 1 saturated heterocycles. The van der Waals surface area contributed by atoms with E-state index in [0.717, 1.165) is 0 Å². The van der Waals surface area contributed by atoms with Crippen molar-refractivity contribution in [3.8, 4) is 0 Å². The lowest BCUT2D eigenvalue weighted by Gasteiger charge is -2.44. The summed E-state index contributed by atoms with van der Waals surface area (Å²) in [7, 11) is 1.64. The van der Waals surface area contributed by atoms with E-state index in [1.54, 1.807) is 32.7 Å². The van der Waals surface area contributed by atoms with Crippen LogP contribution in [0.2, 0.25) is 0 Å². The molecule has 0 unspecified atom stereocenters. The lowest BCUT2D eigenvalue weighted by Crippen LogP contribution is -2.61. The zero-order chi connectivity index (χ0) is 14.8. The lowest BCUT2D eigenvalue weighted by atomic mass is 10.1. The summed E-state index contributed by atoms with van der Waals surface area (Å²) in [6.07, 6.45) is -5.37. The minimum absolute atomic E-state index is 0.0186. The number of hydrogen-bond acceptors (Lipinski definition) is 3. The topological polar surface area (TPSA) is 32.8 Å². The highest BCUT2D eigenvalue weighted by atomic mass is 19.4. The normalized spacial score (nSPS) is 17.6. The second-order valence-electron chi connectivity index (χ2n) is 5.88. The summed E-state index contributed by atoms with van der Waals surface area (Å²) in [4.78, 5) is 14.8. The molecule has 1 aliphatic heterocycles. The summed E-state index contributed by atoms with van der Waals surface area (Å²) in [6.45, 7) is 6.12. The number of halogens is 3. The second-order valence-corrected chi connectivity index (χ2v) is 5.88. The summed E-state index contributed by atoms with van der Waals surface area (Å²) in [5.74, 6) is 0. The van der Waals surface area contributed by atoms with Crippen LogP contribution in [-0.2, 0) is 4.74 Å². The third-order valence-corrected chi connectivity index (χ3v) is 2.89. The maximum Gasteiger partial charge on any atom is 0.410 e. The van der Waals surface area contributed by atoms with Gasteiger partial charge < -0.3 is 9.64 Å². The largest absolute Gasteiger partial charge is 0.444 e. The predicted octanol–water partition coefficient (Wildman–Crippen LogP) is 2.49. The fraction of sp³-hybridized carbons (Fsp3) is 0.917. The molecule has 1 heterocycles. The van der Waals surface area contributed by atoms with E-state index in [2.05, 4.69) is 0 Å². The number of hydrogen-bond donors (Lipinski definition) is 0. The van der Waals surface area contributed by atoms with E-state index in [0.29, 0.717) is 13.1 Å². The molecule has 0 aromatic rings. The van der Waals surface area contributed by atoms with Gasteiger partial charge in [0, 0.05) is 25.7 Å². The number of alkyl halides is 3. The average Bonchev–Trinajstić information content (AvgIpc) is 2.07. The minimum Gasteiger partial charge on any atom is -0.444 e. The van der Waals surface area contributed by atoms with E-state index in [9.17, 15) is 18.0 Å². The van der Waals surface area contributed by atoms with Crippen molar-refractivity contribution in [2.75, 3.05) is 26.7 Å². The van der Waals surface area contributed by atoms with Gasteiger partial charge in [-0.05, 0) is 27.8 Å². The number of carbonyl (C=O) groups is 1. The Hall–Kier alpha value is -0.980. The van der Waals surface area contributed by atoms with Crippen molar-refractivity contribution in [2.24, 2.45) is 0 Å². The molecule has 7 heteroatoms. The first-order valence-corrected chi connectivity index (χ1v) is 6.23. The second kappa shape index (κ2) is 5.56. The highest BCUT2D eigenvalue weighted by molar-refractivity contribution is 5.69. The van der Waals surface area contributed by atoms with Crippen LogP contribution in [0.15, 0.2) is 0 Å². The van der Waals surface area contributed by atoms with E-state index < -0.39 is 24.3 Å². The first-order chi connectivity index (χ1) is 8.48. The number of rotatable bonds is 3. The monoisotopic (exact) mass is 282 g/mol. The van der Waals surface area contributed by atoms with Crippen LogP contribution in [0.5, 0.6) is 0 Å². The molecule has 1 amide bonds. The Morgan fingerprint density at radius 3 is 2.26 bits per heavy atom. The molecule has 19 heavy (non-hydrogen) atoms. The Morgan fingerprint density at radius 2 is 1.84 bits per heavy atom. The average molecular weight is 282 g/mol. The van der Waals surface area contributed by atoms with Gasteiger partial charge >= 0.3 is 12.3 Å². The van der Waals surface area contributed by atoms with Gasteiger partial charge in [0.15, 0.2) is 0 Å². The fourth-order valence-corrected chi connectivity index (χ4v) is 1.70. The molecule has 4 nitrogen and oxygen atoms in total. The Balaban J connectivity index is 2.27. The molecule has 1 fully saturated rings. The van der Waals surface area contributed by atoms with Crippen LogP contribution in [-0.4, -0.2) is 60.4 Å².